The lowest BCUT2D eigenvalue weighted by Crippen LogP contribution is -2.44. The van der Waals surface area contributed by atoms with Crippen molar-refractivity contribution in [1.82, 2.24) is 5.32 Å². The highest BCUT2D eigenvalue weighted by atomic mass is 16.6. The summed E-state index contributed by atoms with van der Waals surface area (Å²) in [6.45, 7) is 0. The van der Waals surface area contributed by atoms with Crippen LogP contribution in [0.15, 0.2) is 78.9 Å². The fraction of sp³-hybridized carbons (Fsp3) is 0.130. The Hall–Kier alpha value is -4.20. The number of carbonyl (C=O) groups is 2. The van der Waals surface area contributed by atoms with Gasteiger partial charge in [0, 0.05) is 12.5 Å². The van der Waals surface area contributed by atoms with Crippen molar-refractivity contribution < 1.29 is 19.6 Å². The summed E-state index contributed by atoms with van der Waals surface area (Å²) in [5.74, 6) is -2.42. The van der Waals surface area contributed by atoms with Crippen LogP contribution in [-0.4, -0.2) is 27.9 Å². The third kappa shape index (κ3) is 5.24. The Bertz CT molecular complexity index is 1050. The van der Waals surface area contributed by atoms with Gasteiger partial charge in [-0.1, -0.05) is 66.7 Å². The molecule has 158 valence electrons. The molecule has 0 aliphatic carbocycles. The number of anilines is 1. The number of nitrogen functional groups attached to an aromatic ring is 1. The van der Waals surface area contributed by atoms with Crippen LogP contribution in [0.3, 0.4) is 0 Å². The Balaban J connectivity index is 1.87. The highest BCUT2D eigenvalue weighted by Gasteiger charge is 2.28. The molecule has 0 aliphatic rings. The first kappa shape index (κ1) is 21.5. The van der Waals surface area contributed by atoms with E-state index in [1.807, 2.05) is 12.1 Å². The third-order valence-corrected chi connectivity index (χ3v) is 4.87. The second-order valence-electron chi connectivity index (χ2n) is 7.01. The second kappa shape index (κ2) is 9.53. The number of rotatable bonds is 8. The predicted molar refractivity (Wildman–Crippen MR) is 116 cm³/mol. The van der Waals surface area contributed by atoms with Gasteiger partial charge in [-0.25, -0.2) is 4.79 Å². The minimum Gasteiger partial charge on any atom is -0.480 e. The van der Waals surface area contributed by atoms with Crippen LogP contribution in [0.4, 0.5) is 11.4 Å². The molecule has 3 aromatic carbocycles. The zero-order valence-corrected chi connectivity index (χ0v) is 16.5. The van der Waals surface area contributed by atoms with Gasteiger partial charge in [0.1, 0.15) is 11.7 Å². The third-order valence-electron chi connectivity index (χ3n) is 4.87. The summed E-state index contributed by atoms with van der Waals surface area (Å²) in [6.07, 6.45) is -0.126. The van der Waals surface area contributed by atoms with Gasteiger partial charge in [-0.05, 0) is 22.8 Å². The number of benzene rings is 3. The maximum atomic E-state index is 13.2. The van der Waals surface area contributed by atoms with Crippen LogP contribution < -0.4 is 11.1 Å². The van der Waals surface area contributed by atoms with Crippen molar-refractivity contribution in [3.63, 3.8) is 0 Å². The number of carboxylic acid groups (broad SMARTS) is 1. The van der Waals surface area contributed by atoms with Gasteiger partial charge in [0.25, 0.3) is 5.69 Å². The van der Waals surface area contributed by atoms with Crippen molar-refractivity contribution in [2.75, 3.05) is 5.73 Å². The van der Waals surface area contributed by atoms with Crippen LogP contribution in [0.25, 0.3) is 0 Å². The van der Waals surface area contributed by atoms with Crippen LogP contribution in [0.5, 0.6) is 0 Å². The largest absolute Gasteiger partial charge is 0.480 e. The summed E-state index contributed by atoms with van der Waals surface area (Å²) in [4.78, 5) is 35.5. The smallest absolute Gasteiger partial charge is 0.326 e. The fourth-order valence-corrected chi connectivity index (χ4v) is 3.35. The molecule has 8 heteroatoms. The van der Waals surface area contributed by atoms with Crippen molar-refractivity contribution >= 4 is 23.3 Å². The van der Waals surface area contributed by atoms with Gasteiger partial charge in [-0.3, -0.25) is 14.9 Å². The Labute approximate surface area is 178 Å². The number of amides is 1. The van der Waals surface area contributed by atoms with Gasteiger partial charge in [0.15, 0.2) is 0 Å². The highest BCUT2D eigenvalue weighted by molar-refractivity contribution is 5.90. The van der Waals surface area contributed by atoms with E-state index in [-0.39, 0.29) is 17.8 Å². The molecular formula is C23H21N3O5. The summed E-state index contributed by atoms with van der Waals surface area (Å²) in [5.41, 5.74) is 7.10. The number of aliphatic carboxylic acids is 1. The van der Waals surface area contributed by atoms with Crippen LogP contribution in [0, 0.1) is 10.1 Å². The average molecular weight is 419 g/mol. The maximum absolute atomic E-state index is 13.2. The number of hydrogen-bond donors (Lipinski definition) is 3. The zero-order valence-electron chi connectivity index (χ0n) is 16.5. The lowest BCUT2D eigenvalue weighted by Gasteiger charge is -2.21. The molecule has 0 saturated heterocycles. The second-order valence-corrected chi connectivity index (χ2v) is 7.01. The molecule has 0 spiro atoms. The van der Waals surface area contributed by atoms with Crippen molar-refractivity contribution in [3.8, 4) is 0 Å². The molecule has 0 radical (unpaired) electrons. The van der Waals surface area contributed by atoms with E-state index in [9.17, 15) is 24.8 Å². The number of nitrogens with two attached hydrogens (primary N) is 1. The van der Waals surface area contributed by atoms with Gasteiger partial charge in [0.05, 0.1) is 10.8 Å². The van der Waals surface area contributed by atoms with Crippen LogP contribution >= 0.6 is 0 Å². The minimum absolute atomic E-state index is 0.0159. The number of nitrogens with zero attached hydrogens (tertiary/aromatic N) is 1. The number of nitro benzene ring substituents is 1. The summed E-state index contributed by atoms with van der Waals surface area (Å²) < 4.78 is 0. The predicted octanol–water partition coefficient (Wildman–Crippen LogP) is 3.12. The van der Waals surface area contributed by atoms with Crippen LogP contribution in [-0.2, 0) is 16.0 Å². The van der Waals surface area contributed by atoms with E-state index in [1.54, 1.807) is 48.5 Å². The van der Waals surface area contributed by atoms with E-state index in [2.05, 4.69) is 5.32 Å². The van der Waals surface area contributed by atoms with Gasteiger partial charge in [-0.2, -0.15) is 0 Å². The first-order valence-electron chi connectivity index (χ1n) is 9.52. The molecule has 3 rings (SSSR count). The molecule has 1 atom stereocenters. The molecule has 0 unspecified atom stereocenters. The Morgan fingerprint density at radius 2 is 1.52 bits per heavy atom. The Morgan fingerprint density at radius 3 is 2.00 bits per heavy atom. The van der Waals surface area contributed by atoms with Crippen LogP contribution in [0.1, 0.15) is 22.6 Å². The summed E-state index contributed by atoms with van der Waals surface area (Å²) >= 11 is 0. The summed E-state index contributed by atoms with van der Waals surface area (Å²) in [7, 11) is 0. The molecule has 3 aromatic rings. The SMILES string of the molecule is Nc1ccc(C[C@H](NC(=O)C(c2ccccc2)c2ccccc2)C(=O)O)cc1[N+](=O)[O-]. The van der Waals surface area contributed by atoms with E-state index in [0.717, 1.165) is 11.1 Å². The quantitative estimate of drug-likeness (QED) is 0.292. The normalized spacial score (nSPS) is 11.6. The van der Waals surface area contributed by atoms with E-state index in [0.29, 0.717) is 5.56 Å². The molecular weight excluding hydrogens is 398 g/mol. The molecule has 0 heterocycles. The van der Waals surface area contributed by atoms with Gasteiger partial charge in [0.2, 0.25) is 5.91 Å². The van der Waals surface area contributed by atoms with Crippen LogP contribution in [0.2, 0.25) is 0 Å². The first-order valence-corrected chi connectivity index (χ1v) is 9.52. The average Bonchev–Trinajstić information content (AvgIpc) is 2.76. The van der Waals surface area contributed by atoms with Gasteiger partial charge >= 0.3 is 5.97 Å². The van der Waals surface area contributed by atoms with E-state index >= 15 is 0 Å². The number of nitro groups is 1. The highest BCUT2D eigenvalue weighted by Crippen LogP contribution is 2.26. The summed E-state index contributed by atoms with van der Waals surface area (Å²) in [5, 5.41) is 23.4. The Morgan fingerprint density at radius 1 is 0.968 bits per heavy atom. The lowest BCUT2D eigenvalue weighted by atomic mass is 9.90. The van der Waals surface area contributed by atoms with Gasteiger partial charge in [-0.15, -0.1) is 0 Å². The molecule has 0 aliphatic heterocycles. The van der Waals surface area contributed by atoms with Crippen molar-refractivity contribution in [3.05, 3.63) is 106 Å². The summed E-state index contributed by atoms with van der Waals surface area (Å²) in [6, 6.07) is 20.9. The zero-order chi connectivity index (χ0) is 22.4. The van der Waals surface area contributed by atoms with Crippen molar-refractivity contribution in [2.45, 2.75) is 18.4 Å². The van der Waals surface area contributed by atoms with Gasteiger partial charge < -0.3 is 16.2 Å². The number of carbonyl (C=O) groups excluding carboxylic acids is 1. The minimum atomic E-state index is -1.27. The topological polar surface area (TPSA) is 136 Å². The molecule has 0 fully saturated rings. The van der Waals surface area contributed by atoms with E-state index in [1.165, 1.54) is 18.2 Å². The number of carboxylic acids is 1. The molecule has 0 bridgehead atoms. The number of hydrogen-bond acceptors (Lipinski definition) is 5. The molecule has 0 saturated carbocycles. The molecule has 0 aromatic heterocycles. The fourth-order valence-electron chi connectivity index (χ4n) is 3.35. The molecule has 1 amide bonds. The molecule has 8 nitrogen and oxygen atoms in total. The van der Waals surface area contributed by atoms with E-state index in [4.69, 9.17) is 5.73 Å². The molecule has 31 heavy (non-hydrogen) atoms. The molecule has 4 N–H and O–H groups in total. The maximum Gasteiger partial charge on any atom is 0.326 e. The Kier molecular flexibility index (Phi) is 6.61. The number of nitrogens with one attached hydrogen (secondary N) is 1. The first-order chi connectivity index (χ1) is 14.9. The lowest BCUT2D eigenvalue weighted by molar-refractivity contribution is -0.384. The monoisotopic (exact) mass is 419 g/mol. The standard InChI is InChI=1S/C23H21N3O5/c24-18-12-11-15(14-20(18)26(30)31)13-19(23(28)29)25-22(27)21(16-7-3-1-4-8-16)17-9-5-2-6-10-17/h1-12,14,19,21H,13,24H2,(H,25,27)(H,28,29)/t19-/m0/s1. The van der Waals surface area contributed by atoms with Crippen molar-refractivity contribution in [1.29, 1.82) is 0 Å². The van der Waals surface area contributed by atoms with E-state index < -0.39 is 28.8 Å². The van der Waals surface area contributed by atoms with Crippen molar-refractivity contribution in [2.24, 2.45) is 0 Å².